The molecule has 0 saturated carbocycles. The molecule has 0 radical (unpaired) electrons. The number of sulfonamides is 1. The zero-order chi connectivity index (χ0) is 13.4. The minimum Gasteiger partial charge on any atom is -0.375 e. The number of hydrogen-bond donors (Lipinski definition) is 1. The summed E-state index contributed by atoms with van der Waals surface area (Å²) in [5.74, 6) is 0.0995. The van der Waals surface area contributed by atoms with Gasteiger partial charge in [0.05, 0.1) is 5.75 Å². The predicted octanol–water partition coefficient (Wildman–Crippen LogP) is 1.67. The molecule has 0 aromatic heterocycles. The van der Waals surface area contributed by atoms with Crippen LogP contribution in [0.1, 0.15) is 6.42 Å². The van der Waals surface area contributed by atoms with Gasteiger partial charge in [-0.1, -0.05) is 18.2 Å². The van der Waals surface area contributed by atoms with E-state index in [0.717, 1.165) is 18.7 Å². The maximum absolute atomic E-state index is 11.3. The number of benzene rings is 1. The molecule has 18 heavy (non-hydrogen) atoms. The Morgan fingerprint density at radius 3 is 2.56 bits per heavy atom. The fourth-order valence-electron chi connectivity index (χ4n) is 1.53. The van der Waals surface area contributed by atoms with Crippen molar-refractivity contribution in [3.8, 4) is 0 Å². The molecule has 0 unspecified atom stereocenters. The van der Waals surface area contributed by atoms with Crippen LogP contribution in [0.5, 0.6) is 0 Å². The first-order valence-corrected chi connectivity index (χ1v) is 8.03. The lowest BCUT2D eigenvalue weighted by molar-refractivity contribution is 0.580. The van der Waals surface area contributed by atoms with Gasteiger partial charge in [-0.2, -0.15) is 0 Å². The number of hydrogen-bond acceptors (Lipinski definition) is 3. The SMILES string of the molecule is CN(CCCNS(=O)(=O)CCCl)c1ccccc1. The van der Waals surface area contributed by atoms with Crippen LogP contribution >= 0.6 is 11.6 Å². The fourth-order valence-corrected chi connectivity index (χ4v) is 2.94. The largest absolute Gasteiger partial charge is 0.375 e. The molecule has 102 valence electrons. The van der Waals surface area contributed by atoms with Gasteiger partial charge in [-0.15, -0.1) is 11.6 Å². The summed E-state index contributed by atoms with van der Waals surface area (Å²) in [6.45, 7) is 1.24. The summed E-state index contributed by atoms with van der Waals surface area (Å²) >= 11 is 5.40. The van der Waals surface area contributed by atoms with Gasteiger partial charge in [-0.05, 0) is 18.6 Å². The molecular formula is C12H19ClN2O2S. The van der Waals surface area contributed by atoms with E-state index in [1.807, 2.05) is 37.4 Å². The average Bonchev–Trinajstić information content (AvgIpc) is 2.35. The standard InChI is InChI=1S/C12H19ClN2O2S/c1-15(12-6-3-2-4-7-12)10-5-9-14-18(16,17)11-8-13/h2-4,6-7,14H,5,8-11H2,1H3. The molecule has 0 heterocycles. The molecule has 0 aliphatic carbocycles. The fraction of sp³-hybridized carbons (Fsp3) is 0.500. The first-order chi connectivity index (χ1) is 8.55. The topological polar surface area (TPSA) is 49.4 Å². The van der Waals surface area contributed by atoms with Crippen LogP contribution in [0.3, 0.4) is 0 Å². The highest BCUT2D eigenvalue weighted by molar-refractivity contribution is 7.89. The monoisotopic (exact) mass is 290 g/mol. The molecule has 1 aromatic carbocycles. The van der Waals surface area contributed by atoms with Gasteiger partial charge in [0, 0.05) is 31.7 Å². The van der Waals surface area contributed by atoms with Gasteiger partial charge in [0.25, 0.3) is 0 Å². The Balaban J connectivity index is 2.27. The highest BCUT2D eigenvalue weighted by Gasteiger charge is 2.08. The molecule has 4 nitrogen and oxygen atoms in total. The normalized spacial score (nSPS) is 11.4. The van der Waals surface area contributed by atoms with Gasteiger partial charge in [-0.3, -0.25) is 0 Å². The van der Waals surface area contributed by atoms with Crippen LogP contribution in [-0.4, -0.2) is 40.2 Å². The minimum atomic E-state index is -3.19. The molecule has 0 amide bonds. The van der Waals surface area contributed by atoms with Crippen LogP contribution in [0.15, 0.2) is 30.3 Å². The van der Waals surface area contributed by atoms with E-state index in [2.05, 4.69) is 9.62 Å². The predicted molar refractivity (Wildman–Crippen MR) is 76.8 cm³/mol. The van der Waals surface area contributed by atoms with E-state index in [9.17, 15) is 8.42 Å². The van der Waals surface area contributed by atoms with Crippen LogP contribution in [0, 0.1) is 0 Å². The zero-order valence-corrected chi connectivity index (χ0v) is 12.0. The Morgan fingerprint density at radius 1 is 1.28 bits per heavy atom. The molecule has 1 N–H and O–H groups in total. The first kappa shape index (κ1) is 15.3. The van der Waals surface area contributed by atoms with Gasteiger partial charge < -0.3 is 4.90 Å². The van der Waals surface area contributed by atoms with Gasteiger partial charge in [-0.25, -0.2) is 13.1 Å². The lowest BCUT2D eigenvalue weighted by Gasteiger charge is -2.19. The van der Waals surface area contributed by atoms with Gasteiger partial charge >= 0.3 is 0 Å². The lowest BCUT2D eigenvalue weighted by atomic mass is 10.3. The van der Waals surface area contributed by atoms with E-state index in [-0.39, 0.29) is 11.6 Å². The van der Waals surface area contributed by atoms with Crippen LogP contribution in [0.4, 0.5) is 5.69 Å². The summed E-state index contributed by atoms with van der Waals surface area (Å²) in [5, 5.41) is 0. The van der Waals surface area contributed by atoms with Crippen LogP contribution < -0.4 is 9.62 Å². The third-order valence-electron chi connectivity index (χ3n) is 2.54. The van der Waals surface area contributed by atoms with E-state index in [1.54, 1.807) is 0 Å². The summed E-state index contributed by atoms with van der Waals surface area (Å²) in [4.78, 5) is 2.09. The molecule has 0 saturated heterocycles. The molecule has 0 aliphatic heterocycles. The Labute approximate surface area is 114 Å². The molecule has 0 spiro atoms. The smallest absolute Gasteiger partial charge is 0.212 e. The minimum absolute atomic E-state index is 0.0247. The van der Waals surface area contributed by atoms with Crippen LogP contribution in [0.2, 0.25) is 0 Å². The number of nitrogens with one attached hydrogen (secondary N) is 1. The molecule has 6 heteroatoms. The van der Waals surface area contributed by atoms with Crippen molar-refractivity contribution in [1.82, 2.24) is 4.72 Å². The lowest BCUT2D eigenvalue weighted by Crippen LogP contribution is -2.30. The van der Waals surface area contributed by atoms with Crippen LogP contribution in [0.25, 0.3) is 0 Å². The summed E-state index contributed by atoms with van der Waals surface area (Å²) < 4.78 is 25.2. The van der Waals surface area contributed by atoms with E-state index in [1.165, 1.54) is 0 Å². The third kappa shape index (κ3) is 5.71. The molecule has 0 fully saturated rings. The second kappa shape index (κ2) is 7.61. The quantitative estimate of drug-likeness (QED) is 0.585. The molecule has 0 atom stereocenters. The molecular weight excluding hydrogens is 272 g/mol. The maximum Gasteiger partial charge on any atom is 0.212 e. The average molecular weight is 291 g/mol. The van der Waals surface area contributed by atoms with Gasteiger partial charge in [0.1, 0.15) is 0 Å². The van der Waals surface area contributed by atoms with Crippen molar-refractivity contribution in [3.05, 3.63) is 30.3 Å². The van der Waals surface area contributed by atoms with E-state index in [0.29, 0.717) is 6.54 Å². The Kier molecular flexibility index (Phi) is 6.46. The first-order valence-electron chi connectivity index (χ1n) is 5.84. The highest BCUT2D eigenvalue weighted by Crippen LogP contribution is 2.10. The Bertz CT molecular complexity index is 437. The Hall–Kier alpha value is -0.780. The van der Waals surface area contributed by atoms with Crippen molar-refractivity contribution >= 4 is 27.3 Å². The summed E-state index contributed by atoms with van der Waals surface area (Å²) in [5.41, 5.74) is 1.13. The number of halogens is 1. The van der Waals surface area contributed by atoms with Gasteiger partial charge in [0.2, 0.25) is 10.0 Å². The number of nitrogens with zero attached hydrogens (tertiary/aromatic N) is 1. The molecule has 0 bridgehead atoms. The van der Waals surface area contributed by atoms with Crippen molar-refractivity contribution in [1.29, 1.82) is 0 Å². The van der Waals surface area contributed by atoms with Crippen LogP contribution in [-0.2, 0) is 10.0 Å². The number of anilines is 1. The van der Waals surface area contributed by atoms with E-state index < -0.39 is 10.0 Å². The Morgan fingerprint density at radius 2 is 1.94 bits per heavy atom. The summed E-state index contributed by atoms with van der Waals surface area (Å²) in [6, 6.07) is 9.98. The second-order valence-corrected chi connectivity index (χ2v) is 6.32. The number of rotatable bonds is 8. The van der Waals surface area contributed by atoms with E-state index in [4.69, 9.17) is 11.6 Å². The molecule has 1 rings (SSSR count). The number of alkyl halides is 1. The third-order valence-corrected chi connectivity index (χ3v) is 4.33. The zero-order valence-electron chi connectivity index (χ0n) is 10.5. The van der Waals surface area contributed by atoms with Crippen molar-refractivity contribution in [3.63, 3.8) is 0 Å². The van der Waals surface area contributed by atoms with E-state index >= 15 is 0 Å². The van der Waals surface area contributed by atoms with Gasteiger partial charge in [0.15, 0.2) is 0 Å². The van der Waals surface area contributed by atoms with Crippen molar-refractivity contribution < 1.29 is 8.42 Å². The second-order valence-electron chi connectivity index (χ2n) is 4.01. The highest BCUT2D eigenvalue weighted by atomic mass is 35.5. The molecule has 0 aliphatic rings. The number of para-hydroxylation sites is 1. The summed E-state index contributed by atoms with van der Waals surface area (Å²) in [7, 11) is -1.21. The molecule has 1 aromatic rings. The van der Waals surface area contributed by atoms with Crippen molar-refractivity contribution in [2.24, 2.45) is 0 Å². The van der Waals surface area contributed by atoms with Crippen molar-refractivity contribution in [2.75, 3.05) is 36.7 Å². The maximum atomic E-state index is 11.3. The van der Waals surface area contributed by atoms with Crippen molar-refractivity contribution in [2.45, 2.75) is 6.42 Å². The summed E-state index contributed by atoms with van der Waals surface area (Å²) in [6.07, 6.45) is 0.757.